The fraction of sp³-hybridized carbons (Fsp3) is 0.600. The van der Waals surface area contributed by atoms with Crippen LogP contribution in [0.25, 0.3) is 0 Å². The summed E-state index contributed by atoms with van der Waals surface area (Å²) in [6.07, 6.45) is 0.973. The second-order valence-corrected chi connectivity index (χ2v) is 4.09. The van der Waals surface area contributed by atoms with Crippen LogP contribution in [0.3, 0.4) is 0 Å². The van der Waals surface area contributed by atoms with Crippen molar-refractivity contribution in [2.75, 3.05) is 13.1 Å². The molecule has 0 atom stereocenters. The molecule has 0 aliphatic carbocycles. The summed E-state index contributed by atoms with van der Waals surface area (Å²) in [6, 6.07) is 0. The van der Waals surface area contributed by atoms with Crippen molar-refractivity contribution >= 4 is 17.2 Å². The van der Waals surface area contributed by atoms with E-state index in [2.05, 4.69) is 22.5 Å². The lowest BCUT2D eigenvalue weighted by atomic mass is 10.4. The molecule has 0 radical (unpaired) electrons. The Bertz CT molecular complexity index is 311. The van der Waals surface area contributed by atoms with Gasteiger partial charge in [0.2, 0.25) is 5.91 Å². The lowest BCUT2D eigenvalue weighted by molar-refractivity contribution is -0.120. The molecule has 0 saturated heterocycles. The standard InChI is InChI=1S/C10H17N3OS/c1-3-10-13-8(7-15-10)5-11-6-9(14)12-4-2/h7,11H,3-6H2,1-2H3,(H,12,14). The number of rotatable bonds is 6. The van der Waals surface area contributed by atoms with Crippen molar-refractivity contribution in [3.8, 4) is 0 Å². The third-order valence-corrected chi connectivity index (χ3v) is 2.91. The zero-order valence-electron chi connectivity index (χ0n) is 9.17. The Morgan fingerprint density at radius 1 is 1.53 bits per heavy atom. The van der Waals surface area contributed by atoms with Crippen LogP contribution in [0.2, 0.25) is 0 Å². The van der Waals surface area contributed by atoms with Crippen molar-refractivity contribution < 1.29 is 4.79 Å². The normalized spacial score (nSPS) is 10.3. The minimum absolute atomic E-state index is 0.0310. The largest absolute Gasteiger partial charge is 0.355 e. The van der Waals surface area contributed by atoms with E-state index in [9.17, 15) is 4.79 Å². The fourth-order valence-corrected chi connectivity index (χ4v) is 1.90. The summed E-state index contributed by atoms with van der Waals surface area (Å²) < 4.78 is 0. The molecule has 0 bridgehead atoms. The molecule has 4 nitrogen and oxygen atoms in total. The van der Waals surface area contributed by atoms with Gasteiger partial charge in [-0.3, -0.25) is 4.79 Å². The maximum absolute atomic E-state index is 11.1. The number of nitrogens with one attached hydrogen (secondary N) is 2. The van der Waals surface area contributed by atoms with E-state index in [1.165, 1.54) is 0 Å². The molecule has 1 heterocycles. The van der Waals surface area contributed by atoms with Gasteiger partial charge >= 0.3 is 0 Å². The average molecular weight is 227 g/mol. The molecule has 0 aliphatic heterocycles. The lowest BCUT2D eigenvalue weighted by Crippen LogP contribution is -2.33. The van der Waals surface area contributed by atoms with Crippen molar-refractivity contribution in [3.63, 3.8) is 0 Å². The molecule has 0 unspecified atom stereocenters. The van der Waals surface area contributed by atoms with Crippen molar-refractivity contribution in [2.24, 2.45) is 0 Å². The first-order valence-electron chi connectivity index (χ1n) is 5.17. The van der Waals surface area contributed by atoms with Gasteiger partial charge in [-0.05, 0) is 13.3 Å². The van der Waals surface area contributed by atoms with E-state index in [1.54, 1.807) is 11.3 Å². The van der Waals surface area contributed by atoms with Crippen LogP contribution in [-0.4, -0.2) is 24.0 Å². The number of carbonyl (C=O) groups is 1. The van der Waals surface area contributed by atoms with Gasteiger partial charge in [-0.1, -0.05) is 6.92 Å². The van der Waals surface area contributed by atoms with Gasteiger partial charge in [-0.25, -0.2) is 4.98 Å². The predicted molar refractivity (Wildman–Crippen MR) is 61.9 cm³/mol. The molecule has 84 valence electrons. The molecule has 0 aliphatic rings. The highest BCUT2D eigenvalue weighted by atomic mass is 32.1. The molecule has 15 heavy (non-hydrogen) atoms. The highest BCUT2D eigenvalue weighted by Crippen LogP contribution is 2.09. The number of hydrogen-bond acceptors (Lipinski definition) is 4. The second-order valence-electron chi connectivity index (χ2n) is 3.14. The van der Waals surface area contributed by atoms with Crippen LogP contribution in [0, 0.1) is 0 Å². The van der Waals surface area contributed by atoms with Crippen LogP contribution in [-0.2, 0) is 17.8 Å². The second kappa shape index (κ2) is 6.53. The highest BCUT2D eigenvalue weighted by Gasteiger charge is 2.01. The zero-order valence-corrected chi connectivity index (χ0v) is 9.99. The van der Waals surface area contributed by atoms with E-state index in [1.807, 2.05) is 12.3 Å². The predicted octanol–water partition coefficient (Wildman–Crippen LogP) is 0.931. The number of carbonyl (C=O) groups excluding carboxylic acids is 1. The Hall–Kier alpha value is -0.940. The Morgan fingerprint density at radius 2 is 2.33 bits per heavy atom. The summed E-state index contributed by atoms with van der Waals surface area (Å²) in [6.45, 7) is 5.69. The quantitative estimate of drug-likeness (QED) is 0.760. The van der Waals surface area contributed by atoms with Gasteiger partial charge in [0.05, 0.1) is 17.2 Å². The van der Waals surface area contributed by atoms with E-state index in [0.29, 0.717) is 19.6 Å². The minimum atomic E-state index is 0.0310. The van der Waals surface area contributed by atoms with Crippen molar-refractivity contribution in [3.05, 3.63) is 16.1 Å². The van der Waals surface area contributed by atoms with Crippen molar-refractivity contribution in [1.29, 1.82) is 0 Å². The summed E-state index contributed by atoms with van der Waals surface area (Å²) in [5.41, 5.74) is 1.01. The van der Waals surface area contributed by atoms with Crippen LogP contribution in [0.15, 0.2) is 5.38 Å². The molecule has 0 spiro atoms. The van der Waals surface area contributed by atoms with Crippen LogP contribution in [0.5, 0.6) is 0 Å². The highest BCUT2D eigenvalue weighted by molar-refractivity contribution is 7.09. The maximum Gasteiger partial charge on any atom is 0.233 e. The number of thiazole rings is 1. The Morgan fingerprint density at radius 3 is 2.93 bits per heavy atom. The van der Waals surface area contributed by atoms with E-state index in [-0.39, 0.29) is 5.91 Å². The molecule has 0 saturated carbocycles. The first-order valence-corrected chi connectivity index (χ1v) is 6.05. The molecule has 2 N–H and O–H groups in total. The minimum Gasteiger partial charge on any atom is -0.355 e. The molecule has 1 aromatic rings. The van der Waals surface area contributed by atoms with E-state index < -0.39 is 0 Å². The van der Waals surface area contributed by atoms with Gasteiger partial charge in [0.25, 0.3) is 0 Å². The van der Waals surface area contributed by atoms with Crippen molar-refractivity contribution in [1.82, 2.24) is 15.6 Å². The van der Waals surface area contributed by atoms with Crippen LogP contribution >= 0.6 is 11.3 Å². The van der Waals surface area contributed by atoms with E-state index in [4.69, 9.17) is 0 Å². The number of amides is 1. The number of nitrogens with zero attached hydrogens (tertiary/aromatic N) is 1. The van der Waals surface area contributed by atoms with Gasteiger partial charge in [0, 0.05) is 18.5 Å². The third kappa shape index (κ3) is 4.40. The zero-order chi connectivity index (χ0) is 11.1. The molecule has 1 aromatic heterocycles. The van der Waals surface area contributed by atoms with Crippen molar-refractivity contribution in [2.45, 2.75) is 26.8 Å². The Labute approximate surface area is 94.1 Å². The number of likely N-dealkylation sites (N-methyl/N-ethyl adjacent to an activating group) is 1. The summed E-state index contributed by atoms with van der Waals surface area (Å²) >= 11 is 1.67. The molecular weight excluding hydrogens is 210 g/mol. The van der Waals surface area contributed by atoms with Gasteiger partial charge < -0.3 is 10.6 Å². The number of aryl methyl sites for hydroxylation is 1. The molecule has 0 fully saturated rings. The van der Waals surface area contributed by atoms with Crippen LogP contribution in [0.4, 0.5) is 0 Å². The smallest absolute Gasteiger partial charge is 0.233 e. The fourth-order valence-electron chi connectivity index (χ4n) is 1.16. The summed E-state index contributed by atoms with van der Waals surface area (Å²) in [5.74, 6) is 0.0310. The SMILES string of the molecule is CCNC(=O)CNCc1csc(CC)n1. The van der Waals surface area contributed by atoms with Crippen LogP contribution < -0.4 is 10.6 Å². The monoisotopic (exact) mass is 227 g/mol. The molecule has 5 heteroatoms. The number of hydrogen-bond donors (Lipinski definition) is 2. The van der Waals surface area contributed by atoms with Gasteiger partial charge in [0.15, 0.2) is 0 Å². The lowest BCUT2D eigenvalue weighted by Gasteiger charge is -2.02. The molecular formula is C10H17N3OS. The first-order chi connectivity index (χ1) is 7.26. The number of aromatic nitrogens is 1. The summed E-state index contributed by atoms with van der Waals surface area (Å²) in [4.78, 5) is 15.5. The van der Waals surface area contributed by atoms with Gasteiger partial charge in [-0.15, -0.1) is 11.3 Å². The Balaban J connectivity index is 2.22. The molecule has 0 aromatic carbocycles. The topological polar surface area (TPSA) is 54.0 Å². The van der Waals surface area contributed by atoms with Crippen LogP contribution in [0.1, 0.15) is 24.5 Å². The van der Waals surface area contributed by atoms with Gasteiger partial charge in [0.1, 0.15) is 0 Å². The molecule has 1 rings (SSSR count). The van der Waals surface area contributed by atoms with Gasteiger partial charge in [-0.2, -0.15) is 0 Å². The Kier molecular flexibility index (Phi) is 5.28. The van der Waals surface area contributed by atoms with E-state index in [0.717, 1.165) is 17.1 Å². The maximum atomic E-state index is 11.1. The van der Waals surface area contributed by atoms with E-state index >= 15 is 0 Å². The first kappa shape index (κ1) is 12.1. The average Bonchev–Trinajstić information content (AvgIpc) is 2.66. The molecule has 1 amide bonds. The third-order valence-electron chi connectivity index (χ3n) is 1.87. The summed E-state index contributed by atoms with van der Waals surface area (Å²) in [5, 5.41) is 8.96. The summed E-state index contributed by atoms with van der Waals surface area (Å²) in [7, 11) is 0.